The van der Waals surface area contributed by atoms with Crippen molar-refractivity contribution in [2.75, 3.05) is 6.54 Å². The molecule has 0 bridgehead atoms. The molecule has 0 saturated carbocycles. The summed E-state index contributed by atoms with van der Waals surface area (Å²) in [6.07, 6.45) is 3.70. The van der Waals surface area contributed by atoms with Gasteiger partial charge in [0.1, 0.15) is 0 Å². The molecule has 0 aliphatic carbocycles. The van der Waals surface area contributed by atoms with E-state index in [2.05, 4.69) is 44.7 Å². The monoisotopic (exact) mass is 280 g/mol. The second kappa shape index (κ2) is 6.38. The summed E-state index contributed by atoms with van der Waals surface area (Å²) < 4.78 is 0. The topological polar surface area (TPSA) is 29.3 Å². The highest BCUT2D eigenvalue weighted by Crippen LogP contribution is 2.36. The van der Waals surface area contributed by atoms with Crippen LogP contribution >= 0.6 is 11.3 Å². The van der Waals surface area contributed by atoms with Crippen LogP contribution in [0.15, 0.2) is 12.1 Å². The molecule has 1 aliphatic rings. The van der Waals surface area contributed by atoms with Gasteiger partial charge in [0.05, 0.1) is 6.04 Å². The molecule has 19 heavy (non-hydrogen) atoms. The van der Waals surface area contributed by atoms with E-state index in [1.165, 1.54) is 29.1 Å². The van der Waals surface area contributed by atoms with Gasteiger partial charge in [-0.1, -0.05) is 13.8 Å². The molecule has 0 amide bonds. The van der Waals surface area contributed by atoms with E-state index in [1.54, 1.807) is 0 Å². The van der Waals surface area contributed by atoms with E-state index in [1.807, 2.05) is 11.3 Å². The SMILES string of the molecule is CCC(N)C(c1ccc(C)s1)N1CC(C)CCC1C. The zero-order chi connectivity index (χ0) is 14.0. The highest BCUT2D eigenvalue weighted by atomic mass is 32.1. The summed E-state index contributed by atoms with van der Waals surface area (Å²) in [5.41, 5.74) is 6.46. The van der Waals surface area contributed by atoms with Crippen LogP contribution in [-0.2, 0) is 0 Å². The van der Waals surface area contributed by atoms with E-state index in [0.29, 0.717) is 12.1 Å². The minimum atomic E-state index is 0.241. The Hall–Kier alpha value is -0.380. The lowest BCUT2D eigenvalue weighted by molar-refractivity contribution is 0.0642. The smallest absolute Gasteiger partial charge is 0.0595 e. The van der Waals surface area contributed by atoms with Crippen LogP contribution in [0, 0.1) is 12.8 Å². The first-order chi connectivity index (χ1) is 9.02. The molecule has 2 N–H and O–H groups in total. The minimum absolute atomic E-state index is 0.241. The summed E-state index contributed by atoms with van der Waals surface area (Å²) in [5, 5.41) is 0. The average Bonchev–Trinajstić information content (AvgIpc) is 2.80. The van der Waals surface area contributed by atoms with E-state index >= 15 is 0 Å². The van der Waals surface area contributed by atoms with E-state index in [0.717, 1.165) is 12.3 Å². The standard InChI is InChI=1S/C16H28N2S/c1-5-14(17)16(15-9-8-13(4)19-15)18-10-11(2)6-7-12(18)3/h8-9,11-12,14,16H,5-7,10,17H2,1-4H3. The van der Waals surface area contributed by atoms with Crippen LogP contribution in [0.3, 0.4) is 0 Å². The Bertz CT molecular complexity index is 401. The molecule has 2 rings (SSSR count). The normalized spacial score (nSPS) is 28.3. The summed E-state index contributed by atoms with van der Waals surface area (Å²) in [4.78, 5) is 5.50. The van der Waals surface area contributed by atoms with Gasteiger partial charge in [0.2, 0.25) is 0 Å². The fraction of sp³-hybridized carbons (Fsp3) is 0.750. The van der Waals surface area contributed by atoms with Crippen molar-refractivity contribution < 1.29 is 0 Å². The molecule has 4 atom stereocenters. The van der Waals surface area contributed by atoms with Gasteiger partial charge in [-0.3, -0.25) is 4.90 Å². The molecule has 4 unspecified atom stereocenters. The fourth-order valence-electron chi connectivity index (χ4n) is 3.17. The predicted molar refractivity (Wildman–Crippen MR) is 84.6 cm³/mol. The second-order valence-electron chi connectivity index (χ2n) is 6.19. The third kappa shape index (κ3) is 3.39. The van der Waals surface area contributed by atoms with Crippen LogP contribution in [0.25, 0.3) is 0 Å². The number of nitrogens with two attached hydrogens (primary N) is 1. The molecular formula is C16H28N2S. The fourth-order valence-corrected chi connectivity index (χ4v) is 4.24. The summed E-state index contributed by atoms with van der Waals surface area (Å²) in [6.45, 7) is 10.3. The van der Waals surface area contributed by atoms with Crippen molar-refractivity contribution in [3.63, 3.8) is 0 Å². The van der Waals surface area contributed by atoms with E-state index in [9.17, 15) is 0 Å². The predicted octanol–water partition coefficient (Wildman–Crippen LogP) is 3.96. The number of rotatable bonds is 4. The lowest BCUT2D eigenvalue weighted by Gasteiger charge is -2.43. The minimum Gasteiger partial charge on any atom is -0.326 e. The lowest BCUT2D eigenvalue weighted by atomic mass is 9.91. The highest BCUT2D eigenvalue weighted by Gasteiger charge is 2.33. The van der Waals surface area contributed by atoms with Crippen molar-refractivity contribution in [3.8, 4) is 0 Å². The maximum Gasteiger partial charge on any atom is 0.0595 e. The molecule has 0 aromatic carbocycles. The van der Waals surface area contributed by atoms with Crippen LogP contribution in [0.5, 0.6) is 0 Å². The number of thiophene rings is 1. The number of nitrogens with zero attached hydrogens (tertiary/aromatic N) is 1. The molecule has 1 aromatic heterocycles. The first-order valence-electron chi connectivity index (χ1n) is 7.60. The van der Waals surface area contributed by atoms with Gasteiger partial charge < -0.3 is 5.73 Å². The van der Waals surface area contributed by atoms with Crippen LogP contribution in [0.1, 0.15) is 55.8 Å². The van der Waals surface area contributed by atoms with E-state index in [4.69, 9.17) is 5.73 Å². The summed E-state index contributed by atoms with van der Waals surface area (Å²) in [6, 6.07) is 5.81. The van der Waals surface area contributed by atoms with Gasteiger partial charge in [-0.25, -0.2) is 0 Å². The Balaban J connectivity index is 2.26. The molecule has 1 aromatic rings. The van der Waals surface area contributed by atoms with Crippen LogP contribution in [0.4, 0.5) is 0 Å². The summed E-state index contributed by atoms with van der Waals surface area (Å²) in [7, 11) is 0. The third-order valence-electron chi connectivity index (χ3n) is 4.45. The van der Waals surface area contributed by atoms with E-state index < -0.39 is 0 Å². The number of likely N-dealkylation sites (tertiary alicyclic amines) is 1. The van der Waals surface area contributed by atoms with Crippen molar-refractivity contribution in [1.29, 1.82) is 0 Å². The molecule has 1 aliphatic heterocycles. The maximum atomic E-state index is 6.46. The zero-order valence-electron chi connectivity index (χ0n) is 12.7. The Kier molecular flexibility index (Phi) is 5.04. The summed E-state index contributed by atoms with van der Waals surface area (Å²) in [5.74, 6) is 0.795. The molecule has 2 nitrogen and oxygen atoms in total. The lowest BCUT2D eigenvalue weighted by Crippen LogP contribution is -2.49. The molecule has 108 valence electrons. The van der Waals surface area contributed by atoms with Crippen LogP contribution in [-0.4, -0.2) is 23.5 Å². The first-order valence-corrected chi connectivity index (χ1v) is 8.42. The number of hydrogen-bond acceptors (Lipinski definition) is 3. The van der Waals surface area contributed by atoms with Gasteiger partial charge >= 0.3 is 0 Å². The van der Waals surface area contributed by atoms with Crippen molar-refractivity contribution in [3.05, 3.63) is 21.9 Å². The molecular weight excluding hydrogens is 252 g/mol. The average molecular weight is 280 g/mol. The molecule has 2 heterocycles. The zero-order valence-corrected chi connectivity index (χ0v) is 13.5. The van der Waals surface area contributed by atoms with Gasteiger partial charge in [0.15, 0.2) is 0 Å². The van der Waals surface area contributed by atoms with Crippen LogP contribution in [0.2, 0.25) is 0 Å². The van der Waals surface area contributed by atoms with Gasteiger partial charge in [0.25, 0.3) is 0 Å². The largest absolute Gasteiger partial charge is 0.326 e. The number of aryl methyl sites for hydroxylation is 1. The van der Waals surface area contributed by atoms with Gasteiger partial charge in [-0.2, -0.15) is 0 Å². The molecule has 1 saturated heterocycles. The number of piperidine rings is 1. The third-order valence-corrected chi connectivity index (χ3v) is 5.52. The van der Waals surface area contributed by atoms with Crippen molar-refractivity contribution >= 4 is 11.3 Å². The molecule has 0 radical (unpaired) electrons. The Morgan fingerprint density at radius 2 is 2.11 bits per heavy atom. The molecule has 1 fully saturated rings. The van der Waals surface area contributed by atoms with Crippen molar-refractivity contribution in [1.82, 2.24) is 4.90 Å². The van der Waals surface area contributed by atoms with E-state index in [-0.39, 0.29) is 6.04 Å². The Morgan fingerprint density at radius 3 is 2.68 bits per heavy atom. The Morgan fingerprint density at radius 1 is 1.37 bits per heavy atom. The van der Waals surface area contributed by atoms with Crippen molar-refractivity contribution in [2.45, 2.75) is 65.1 Å². The molecule has 3 heteroatoms. The number of hydrogen-bond donors (Lipinski definition) is 1. The molecule has 0 spiro atoms. The second-order valence-corrected chi connectivity index (χ2v) is 7.51. The quantitative estimate of drug-likeness (QED) is 0.904. The first kappa shape index (κ1) is 15.0. The van der Waals surface area contributed by atoms with Crippen LogP contribution < -0.4 is 5.73 Å². The van der Waals surface area contributed by atoms with Gasteiger partial charge in [-0.05, 0) is 51.2 Å². The highest BCUT2D eigenvalue weighted by molar-refractivity contribution is 7.12. The maximum absolute atomic E-state index is 6.46. The van der Waals surface area contributed by atoms with Gasteiger partial charge in [0, 0.05) is 28.4 Å². The van der Waals surface area contributed by atoms with Gasteiger partial charge in [-0.15, -0.1) is 11.3 Å². The Labute approximate surface area is 122 Å². The summed E-state index contributed by atoms with van der Waals surface area (Å²) >= 11 is 1.91. The van der Waals surface area contributed by atoms with Crippen molar-refractivity contribution in [2.24, 2.45) is 11.7 Å².